The Morgan fingerprint density at radius 1 is 1.25 bits per heavy atom. The molecular formula is C10H16OS. The van der Waals surface area contributed by atoms with E-state index in [2.05, 4.69) is 19.1 Å². The lowest BCUT2D eigenvalue weighted by Gasteiger charge is -1.97. The third-order valence-corrected chi connectivity index (χ3v) is 3.05. The molecule has 0 aromatic carbocycles. The number of thiophene rings is 1. The van der Waals surface area contributed by atoms with E-state index >= 15 is 0 Å². The fraction of sp³-hybridized carbons (Fsp3) is 0.600. The van der Waals surface area contributed by atoms with Crippen molar-refractivity contribution in [2.24, 2.45) is 0 Å². The molecule has 68 valence electrons. The molecule has 1 heterocycles. The Morgan fingerprint density at radius 3 is 2.58 bits per heavy atom. The van der Waals surface area contributed by atoms with Gasteiger partial charge in [-0.2, -0.15) is 0 Å². The van der Waals surface area contributed by atoms with E-state index in [1.165, 1.54) is 9.75 Å². The van der Waals surface area contributed by atoms with Crippen LogP contribution in [0.4, 0.5) is 0 Å². The van der Waals surface area contributed by atoms with Crippen molar-refractivity contribution >= 4 is 11.3 Å². The first-order valence-electron chi connectivity index (χ1n) is 4.52. The van der Waals surface area contributed by atoms with Gasteiger partial charge < -0.3 is 4.74 Å². The number of hydrogen-bond donors (Lipinski definition) is 0. The van der Waals surface area contributed by atoms with E-state index < -0.39 is 0 Å². The lowest BCUT2D eigenvalue weighted by Crippen LogP contribution is -1.95. The Labute approximate surface area is 78.4 Å². The molecule has 0 aliphatic heterocycles. The highest BCUT2D eigenvalue weighted by atomic mass is 32.1. The second-order valence-electron chi connectivity index (χ2n) is 2.67. The van der Waals surface area contributed by atoms with E-state index in [9.17, 15) is 0 Å². The molecule has 0 spiro atoms. The summed E-state index contributed by atoms with van der Waals surface area (Å²) < 4.78 is 5.29. The summed E-state index contributed by atoms with van der Waals surface area (Å²) in [6.07, 6.45) is 2.22. The quantitative estimate of drug-likeness (QED) is 0.639. The molecule has 1 aromatic heterocycles. The Morgan fingerprint density at radius 2 is 2.00 bits per heavy atom. The Hall–Kier alpha value is -0.340. The van der Waals surface area contributed by atoms with Crippen molar-refractivity contribution < 1.29 is 4.74 Å². The summed E-state index contributed by atoms with van der Waals surface area (Å²) in [4.78, 5) is 2.92. The summed E-state index contributed by atoms with van der Waals surface area (Å²) in [7, 11) is 0. The highest BCUT2D eigenvalue weighted by molar-refractivity contribution is 7.11. The van der Waals surface area contributed by atoms with Crippen molar-refractivity contribution in [2.75, 3.05) is 13.2 Å². The molecule has 0 saturated carbocycles. The summed E-state index contributed by atoms with van der Waals surface area (Å²) in [5.74, 6) is 0. The molecule has 0 aliphatic rings. The first-order chi connectivity index (χ1) is 5.86. The molecule has 0 fully saturated rings. The highest BCUT2D eigenvalue weighted by Crippen LogP contribution is 2.17. The van der Waals surface area contributed by atoms with Gasteiger partial charge in [0.15, 0.2) is 0 Å². The topological polar surface area (TPSA) is 9.23 Å². The molecule has 0 unspecified atom stereocenters. The Kier molecular flexibility index (Phi) is 4.33. The molecule has 1 aromatic rings. The van der Waals surface area contributed by atoms with Crippen molar-refractivity contribution in [1.82, 2.24) is 0 Å². The maximum Gasteiger partial charge on any atom is 0.0514 e. The van der Waals surface area contributed by atoms with Crippen molar-refractivity contribution in [3.8, 4) is 0 Å². The van der Waals surface area contributed by atoms with Gasteiger partial charge in [-0.15, -0.1) is 11.3 Å². The smallest absolute Gasteiger partial charge is 0.0514 e. The maximum absolute atomic E-state index is 5.29. The molecule has 1 nitrogen and oxygen atoms in total. The summed E-state index contributed by atoms with van der Waals surface area (Å²) >= 11 is 1.90. The van der Waals surface area contributed by atoms with E-state index in [0.29, 0.717) is 0 Å². The second kappa shape index (κ2) is 5.33. The lowest BCUT2D eigenvalue weighted by molar-refractivity contribution is 0.151. The largest absolute Gasteiger partial charge is 0.381 e. The first-order valence-corrected chi connectivity index (χ1v) is 5.33. The molecule has 0 N–H and O–H groups in total. The summed E-state index contributed by atoms with van der Waals surface area (Å²) in [5.41, 5.74) is 0. The molecule has 0 amide bonds. The van der Waals surface area contributed by atoms with Gasteiger partial charge in [-0.25, -0.2) is 0 Å². The minimum atomic E-state index is 0.825. The standard InChI is InChI=1S/C10H16OS/c1-3-9-5-6-10(12-9)7-8-11-4-2/h5-6H,3-4,7-8H2,1-2H3. The van der Waals surface area contributed by atoms with Crippen LogP contribution in [0.2, 0.25) is 0 Å². The summed E-state index contributed by atoms with van der Waals surface area (Å²) in [6.45, 7) is 5.91. The van der Waals surface area contributed by atoms with Gasteiger partial charge in [0.25, 0.3) is 0 Å². The minimum absolute atomic E-state index is 0.825. The van der Waals surface area contributed by atoms with Crippen LogP contribution >= 0.6 is 11.3 Å². The van der Waals surface area contributed by atoms with Gasteiger partial charge in [0.05, 0.1) is 6.61 Å². The highest BCUT2D eigenvalue weighted by Gasteiger charge is 1.97. The first kappa shape index (κ1) is 9.75. The van der Waals surface area contributed by atoms with Gasteiger partial charge in [-0.05, 0) is 25.5 Å². The third kappa shape index (κ3) is 2.95. The zero-order valence-corrected chi connectivity index (χ0v) is 8.62. The van der Waals surface area contributed by atoms with E-state index in [-0.39, 0.29) is 0 Å². The van der Waals surface area contributed by atoms with Crippen LogP contribution in [0.1, 0.15) is 23.6 Å². The molecule has 1 rings (SSSR count). The predicted molar refractivity (Wildman–Crippen MR) is 53.9 cm³/mol. The fourth-order valence-corrected chi connectivity index (χ4v) is 2.00. The van der Waals surface area contributed by atoms with Crippen LogP contribution in [-0.4, -0.2) is 13.2 Å². The Balaban J connectivity index is 2.31. The van der Waals surface area contributed by atoms with Crippen molar-refractivity contribution in [1.29, 1.82) is 0 Å². The molecule has 2 heteroatoms. The third-order valence-electron chi connectivity index (χ3n) is 1.76. The Bertz CT molecular complexity index is 217. The van der Waals surface area contributed by atoms with Crippen LogP contribution in [0.5, 0.6) is 0 Å². The molecule has 0 atom stereocenters. The molecule has 0 saturated heterocycles. The van der Waals surface area contributed by atoms with Crippen LogP contribution in [0, 0.1) is 0 Å². The zero-order valence-electron chi connectivity index (χ0n) is 7.80. The van der Waals surface area contributed by atoms with Gasteiger partial charge >= 0.3 is 0 Å². The zero-order chi connectivity index (χ0) is 8.81. The predicted octanol–water partition coefficient (Wildman–Crippen LogP) is 2.89. The molecule has 0 bridgehead atoms. The van der Waals surface area contributed by atoms with E-state index in [0.717, 1.165) is 26.1 Å². The van der Waals surface area contributed by atoms with Gasteiger partial charge in [0.2, 0.25) is 0 Å². The van der Waals surface area contributed by atoms with Crippen molar-refractivity contribution in [2.45, 2.75) is 26.7 Å². The van der Waals surface area contributed by atoms with Crippen LogP contribution in [-0.2, 0) is 17.6 Å². The van der Waals surface area contributed by atoms with Crippen LogP contribution < -0.4 is 0 Å². The number of aryl methyl sites for hydroxylation is 1. The van der Waals surface area contributed by atoms with Crippen LogP contribution in [0.15, 0.2) is 12.1 Å². The van der Waals surface area contributed by atoms with E-state index in [4.69, 9.17) is 4.74 Å². The molecule has 0 radical (unpaired) electrons. The normalized spacial score (nSPS) is 10.5. The number of hydrogen-bond acceptors (Lipinski definition) is 2. The van der Waals surface area contributed by atoms with E-state index in [1.807, 2.05) is 18.3 Å². The van der Waals surface area contributed by atoms with E-state index in [1.54, 1.807) is 0 Å². The van der Waals surface area contributed by atoms with Crippen molar-refractivity contribution in [3.05, 3.63) is 21.9 Å². The monoisotopic (exact) mass is 184 g/mol. The van der Waals surface area contributed by atoms with Crippen LogP contribution in [0.3, 0.4) is 0 Å². The minimum Gasteiger partial charge on any atom is -0.381 e. The van der Waals surface area contributed by atoms with Crippen molar-refractivity contribution in [3.63, 3.8) is 0 Å². The average Bonchev–Trinajstić information content (AvgIpc) is 2.53. The van der Waals surface area contributed by atoms with Crippen LogP contribution in [0.25, 0.3) is 0 Å². The summed E-state index contributed by atoms with van der Waals surface area (Å²) in [6, 6.07) is 4.43. The SMILES string of the molecule is CCOCCc1ccc(CC)s1. The molecular weight excluding hydrogens is 168 g/mol. The maximum atomic E-state index is 5.29. The lowest BCUT2D eigenvalue weighted by atomic mass is 10.3. The second-order valence-corrected chi connectivity index (χ2v) is 3.92. The summed E-state index contributed by atoms with van der Waals surface area (Å²) in [5, 5.41) is 0. The van der Waals surface area contributed by atoms with Gasteiger partial charge in [-0.1, -0.05) is 6.92 Å². The number of ether oxygens (including phenoxy) is 1. The van der Waals surface area contributed by atoms with Gasteiger partial charge in [-0.3, -0.25) is 0 Å². The average molecular weight is 184 g/mol. The molecule has 12 heavy (non-hydrogen) atoms. The number of rotatable bonds is 5. The fourth-order valence-electron chi connectivity index (χ4n) is 1.06. The van der Waals surface area contributed by atoms with Gasteiger partial charge in [0, 0.05) is 22.8 Å². The molecule has 0 aliphatic carbocycles. The van der Waals surface area contributed by atoms with Gasteiger partial charge in [0.1, 0.15) is 0 Å².